The number of fused-ring (bicyclic) bond motifs is 1. The highest BCUT2D eigenvalue weighted by molar-refractivity contribution is 5.83. The van der Waals surface area contributed by atoms with Crippen LogP contribution in [0.4, 0.5) is 0 Å². The van der Waals surface area contributed by atoms with E-state index in [1.54, 1.807) is 0 Å². The number of benzene rings is 1. The molecule has 0 aliphatic rings. The van der Waals surface area contributed by atoms with Crippen LogP contribution >= 0.6 is 0 Å². The summed E-state index contributed by atoms with van der Waals surface area (Å²) in [5, 5.41) is 1.07. The first kappa shape index (κ1) is 15.3. The first-order valence-electron chi connectivity index (χ1n) is 7.12. The van der Waals surface area contributed by atoms with Crippen LogP contribution < -0.4 is 10.5 Å². The molecule has 0 spiro atoms. The molecule has 2 aromatic rings. The van der Waals surface area contributed by atoms with E-state index in [0.717, 1.165) is 27.9 Å². The molecule has 0 atom stereocenters. The summed E-state index contributed by atoms with van der Waals surface area (Å²) in [6, 6.07) is 7.90. The van der Waals surface area contributed by atoms with Crippen LogP contribution in [0, 0.1) is 6.92 Å². The Kier molecular flexibility index (Phi) is 4.16. The summed E-state index contributed by atoms with van der Waals surface area (Å²) < 4.78 is 5.89. The van der Waals surface area contributed by atoms with Crippen LogP contribution in [0.3, 0.4) is 0 Å². The molecule has 21 heavy (non-hydrogen) atoms. The van der Waals surface area contributed by atoms with Crippen molar-refractivity contribution in [2.45, 2.75) is 46.1 Å². The van der Waals surface area contributed by atoms with Gasteiger partial charge in [-0.3, -0.25) is 9.78 Å². The molecule has 112 valence electrons. The van der Waals surface area contributed by atoms with Gasteiger partial charge in [0, 0.05) is 17.5 Å². The largest absolute Gasteiger partial charge is 0.488 e. The Bertz CT molecular complexity index is 672. The Morgan fingerprint density at radius 3 is 2.62 bits per heavy atom. The van der Waals surface area contributed by atoms with E-state index in [2.05, 4.69) is 4.98 Å². The third-order valence-corrected chi connectivity index (χ3v) is 3.09. The molecule has 4 nitrogen and oxygen atoms in total. The van der Waals surface area contributed by atoms with Crippen LogP contribution in [0.5, 0.6) is 5.75 Å². The third kappa shape index (κ3) is 4.18. The van der Waals surface area contributed by atoms with E-state index in [9.17, 15) is 4.79 Å². The molecule has 0 aliphatic heterocycles. The lowest BCUT2D eigenvalue weighted by Crippen LogP contribution is -2.22. The molecule has 1 aromatic carbocycles. The van der Waals surface area contributed by atoms with Gasteiger partial charge in [-0.2, -0.15) is 0 Å². The molecule has 0 radical (unpaired) electrons. The smallest absolute Gasteiger partial charge is 0.217 e. The van der Waals surface area contributed by atoms with Crippen molar-refractivity contribution in [1.29, 1.82) is 0 Å². The number of primary amides is 1. The van der Waals surface area contributed by atoms with Gasteiger partial charge in [-0.15, -0.1) is 0 Å². The number of aromatic nitrogens is 1. The van der Waals surface area contributed by atoms with Crippen LogP contribution in [0.15, 0.2) is 24.3 Å². The second-order valence-electron chi connectivity index (χ2n) is 6.29. The molecular formula is C17H22N2O2. The summed E-state index contributed by atoms with van der Waals surface area (Å²) >= 11 is 0. The Morgan fingerprint density at radius 1 is 1.29 bits per heavy atom. The maximum Gasteiger partial charge on any atom is 0.217 e. The number of pyridine rings is 1. The number of hydrogen-bond donors (Lipinski definition) is 1. The maximum atomic E-state index is 10.9. The van der Waals surface area contributed by atoms with Gasteiger partial charge in [-0.1, -0.05) is 0 Å². The number of carbonyl (C=O) groups is 1. The summed E-state index contributed by atoms with van der Waals surface area (Å²) in [4.78, 5) is 15.5. The minimum atomic E-state index is -0.302. The maximum absolute atomic E-state index is 10.9. The lowest BCUT2D eigenvalue weighted by molar-refractivity contribution is -0.118. The van der Waals surface area contributed by atoms with E-state index in [1.165, 1.54) is 0 Å². The molecule has 1 aromatic heterocycles. The van der Waals surface area contributed by atoms with Crippen molar-refractivity contribution in [1.82, 2.24) is 4.98 Å². The van der Waals surface area contributed by atoms with Crippen molar-refractivity contribution in [3.63, 3.8) is 0 Å². The Labute approximate surface area is 125 Å². The molecule has 1 amide bonds. The first-order valence-corrected chi connectivity index (χ1v) is 7.12. The number of nitrogens with zero attached hydrogens (tertiary/aromatic N) is 1. The molecule has 1 heterocycles. The van der Waals surface area contributed by atoms with Gasteiger partial charge in [0.25, 0.3) is 0 Å². The van der Waals surface area contributed by atoms with Gasteiger partial charge in [-0.25, -0.2) is 0 Å². The lowest BCUT2D eigenvalue weighted by Gasteiger charge is -2.21. The van der Waals surface area contributed by atoms with Crippen molar-refractivity contribution in [3.8, 4) is 5.75 Å². The minimum absolute atomic E-state index is 0.226. The highest BCUT2D eigenvalue weighted by Gasteiger charge is 2.13. The summed E-state index contributed by atoms with van der Waals surface area (Å²) in [7, 11) is 0. The second kappa shape index (κ2) is 5.72. The van der Waals surface area contributed by atoms with E-state index in [1.807, 2.05) is 52.0 Å². The van der Waals surface area contributed by atoms with Gasteiger partial charge >= 0.3 is 0 Å². The molecular weight excluding hydrogens is 264 g/mol. The monoisotopic (exact) mass is 286 g/mol. The SMILES string of the molecule is Cc1cc(CCC(N)=O)nc2ccc(OC(C)(C)C)cc12. The van der Waals surface area contributed by atoms with E-state index in [-0.39, 0.29) is 11.5 Å². The highest BCUT2D eigenvalue weighted by atomic mass is 16.5. The van der Waals surface area contributed by atoms with Gasteiger partial charge in [0.2, 0.25) is 5.91 Å². The summed E-state index contributed by atoms with van der Waals surface area (Å²) in [6.07, 6.45) is 0.898. The zero-order chi connectivity index (χ0) is 15.6. The molecule has 0 saturated heterocycles. The molecule has 0 aliphatic carbocycles. The Morgan fingerprint density at radius 2 is 2.00 bits per heavy atom. The van der Waals surface area contributed by atoms with Crippen molar-refractivity contribution >= 4 is 16.8 Å². The predicted octanol–water partition coefficient (Wildman–Crippen LogP) is 3.14. The van der Waals surface area contributed by atoms with Crippen molar-refractivity contribution in [3.05, 3.63) is 35.5 Å². The molecule has 4 heteroatoms. The van der Waals surface area contributed by atoms with Gasteiger partial charge in [0.1, 0.15) is 11.4 Å². The zero-order valence-corrected chi connectivity index (χ0v) is 13.1. The fraction of sp³-hybridized carbons (Fsp3) is 0.412. The van der Waals surface area contributed by atoms with Gasteiger partial charge < -0.3 is 10.5 Å². The second-order valence-corrected chi connectivity index (χ2v) is 6.29. The van der Waals surface area contributed by atoms with Gasteiger partial charge in [0.15, 0.2) is 0 Å². The quantitative estimate of drug-likeness (QED) is 0.939. The third-order valence-electron chi connectivity index (χ3n) is 3.09. The standard InChI is InChI=1S/C17H22N2O2/c1-11-9-12(5-8-16(18)20)19-15-7-6-13(10-14(11)15)21-17(2,3)4/h6-7,9-10H,5,8H2,1-4H3,(H2,18,20). The number of hydrogen-bond acceptors (Lipinski definition) is 3. The zero-order valence-electron chi connectivity index (χ0n) is 13.1. The number of amides is 1. The fourth-order valence-electron chi connectivity index (χ4n) is 2.24. The number of aryl methyl sites for hydroxylation is 2. The Balaban J connectivity index is 2.34. The van der Waals surface area contributed by atoms with Crippen LogP contribution in [-0.4, -0.2) is 16.5 Å². The number of carbonyl (C=O) groups excluding carboxylic acids is 1. The van der Waals surface area contributed by atoms with E-state index < -0.39 is 0 Å². The first-order chi connectivity index (χ1) is 9.74. The summed E-state index contributed by atoms with van der Waals surface area (Å²) in [5.74, 6) is 0.535. The number of ether oxygens (including phenoxy) is 1. The molecule has 0 bridgehead atoms. The topological polar surface area (TPSA) is 65.2 Å². The van der Waals surface area contributed by atoms with Gasteiger partial charge in [-0.05, 0) is 63.9 Å². The van der Waals surface area contributed by atoms with Crippen LogP contribution in [0.1, 0.15) is 38.4 Å². The fourth-order valence-corrected chi connectivity index (χ4v) is 2.24. The average molecular weight is 286 g/mol. The van der Waals surface area contributed by atoms with E-state index >= 15 is 0 Å². The van der Waals surface area contributed by atoms with Crippen molar-refractivity contribution in [2.24, 2.45) is 5.73 Å². The number of rotatable bonds is 4. The number of nitrogens with two attached hydrogens (primary N) is 1. The molecule has 0 fully saturated rings. The molecule has 0 saturated carbocycles. The predicted molar refractivity (Wildman–Crippen MR) is 84.4 cm³/mol. The molecule has 2 rings (SSSR count). The van der Waals surface area contributed by atoms with Crippen LogP contribution in [0.25, 0.3) is 10.9 Å². The van der Waals surface area contributed by atoms with Crippen LogP contribution in [0.2, 0.25) is 0 Å². The lowest BCUT2D eigenvalue weighted by atomic mass is 10.1. The Hall–Kier alpha value is -2.10. The van der Waals surface area contributed by atoms with Crippen molar-refractivity contribution in [2.75, 3.05) is 0 Å². The average Bonchev–Trinajstić information content (AvgIpc) is 2.35. The van der Waals surface area contributed by atoms with Crippen LogP contribution in [-0.2, 0) is 11.2 Å². The molecule has 2 N–H and O–H groups in total. The summed E-state index contributed by atoms with van der Waals surface area (Å²) in [6.45, 7) is 8.11. The van der Waals surface area contributed by atoms with E-state index in [4.69, 9.17) is 10.5 Å². The normalized spacial score (nSPS) is 11.6. The van der Waals surface area contributed by atoms with Crippen molar-refractivity contribution < 1.29 is 9.53 Å². The van der Waals surface area contributed by atoms with E-state index in [0.29, 0.717) is 12.8 Å². The minimum Gasteiger partial charge on any atom is -0.488 e. The van der Waals surface area contributed by atoms with Gasteiger partial charge in [0.05, 0.1) is 5.52 Å². The summed E-state index contributed by atoms with van der Waals surface area (Å²) in [5.41, 5.74) is 7.89. The highest BCUT2D eigenvalue weighted by Crippen LogP contribution is 2.26. The molecule has 0 unspecified atom stereocenters.